The monoisotopic (exact) mass is 157 g/mol. The molecule has 0 aromatic rings. The van der Waals surface area contributed by atoms with Crippen LogP contribution >= 0.6 is 0 Å². The molecule has 0 bridgehead atoms. The summed E-state index contributed by atoms with van der Waals surface area (Å²) < 4.78 is 5.48. The van der Waals surface area contributed by atoms with E-state index in [0.29, 0.717) is 5.54 Å². The molecule has 0 aromatic carbocycles. The lowest BCUT2D eigenvalue weighted by Gasteiger charge is -2.37. The number of nitrogens with zero attached hydrogens (tertiary/aromatic N) is 1. The third-order valence-corrected chi connectivity index (χ3v) is 2.91. The van der Waals surface area contributed by atoms with Crippen LogP contribution in [0, 0.1) is 0 Å². The Bertz CT molecular complexity index is 156. The van der Waals surface area contributed by atoms with E-state index in [4.69, 9.17) is 9.84 Å². The van der Waals surface area contributed by atoms with Gasteiger partial charge in [0, 0.05) is 12.1 Å². The van der Waals surface area contributed by atoms with Gasteiger partial charge in [-0.3, -0.25) is 4.90 Å². The molecule has 64 valence electrons. The molecule has 2 rings (SSSR count). The number of hydrogen-bond acceptors (Lipinski definition) is 3. The lowest BCUT2D eigenvalue weighted by Crippen LogP contribution is -2.50. The first-order chi connectivity index (χ1) is 5.27. The Hall–Kier alpha value is -0.120. The number of morpholine rings is 1. The van der Waals surface area contributed by atoms with Crippen LogP contribution < -0.4 is 0 Å². The largest absolute Gasteiger partial charge is 0.394 e. The van der Waals surface area contributed by atoms with E-state index in [2.05, 4.69) is 11.9 Å². The molecule has 1 spiro atoms. The molecule has 11 heavy (non-hydrogen) atoms. The summed E-state index contributed by atoms with van der Waals surface area (Å²) in [5.41, 5.74) is 0.367. The lowest BCUT2D eigenvalue weighted by molar-refractivity contribution is -0.0828. The van der Waals surface area contributed by atoms with Crippen molar-refractivity contribution in [2.45, 2.75) is 24.5 Å². The van der Waals surface area contributed by atoms with Crippen LogP contribution in [0.25, 0.3) is 0 Å². The van der Waals surface area contributed by atoms with Crippen molar-refractivity contribution in [3.05, 3.63) is 0 Å². The first kappa shape index (κ1) is 7.53. The molecule has 1 N–H and O–H groups in total. The van der Waals surface area contributed by atoms with Crippen LogP contribution in [0.5, 0.6) is 0 Å². The fourth-order valence-electron chi connectivity index (χ4n) is 1.72. The maximum absolute atomic E-state index is 8.85. The fourth-order valence-corrected chi connectivity index (χ4v) is 1.72. The van der Waals surface area contributed by atoms with Gasteiger partial charge in [-0.1, -0.05) is 0 Å². The predicted molar refractivity (Wildman–Crippen MR) is 41.4 cm³/mol. The van der Waals surface area contributed by atoms with E-state index in [9.17, 15) is 0 Å². The highest BCUT2D eigenvalue weighted by Crippen LogP contribution is 2.43. The van der Waals surface area contributed by atoms with Crippen molar-refractivity contribution >= 4 is 0 Å². The summed E-state index contributed by atoms with van der Waals surface area (Å²) >= 11 is 0. The van der Waals surface area contributed by atoms with Crippen LogP contribution in [-0.2, 0) is 4.74 Å². The Labute approximate surface area is 66.9 Å². The number of ether oxygens (including phenoxy) is 1. The van der Waals surface area contributed by atoms with Crippen LogP contribution in [0.2, 0.25) is 0 Å². The molecule has 1 saturated carbocycles. The van der Waals surface area contributed by atoms with Crippen molar-refractivity contribution < 1.29 is 9.84 Å². The quantitative estimate of drug-likeness (QED) is 0.574. The van der Waals surface area contributed by atoms with E-state index in [1.165, 1.54) is 12.8 Å². The standard InChI is InChI=1S/C8H15NO2/c1-9-4-7(5-10)11-6-8(9)2-3-8/h7,10H,2-6H2,1H3. The highest BCUT2D eigenvalue weighted by molar-refractivity contribution is 5.05. The topological polar surface area (TPSA) is 32.7 Å². The Kier molecular flexibility index (Phi) is 1.67. The smallest absolute Gasteiger partial charge is 0.0933 e. The summed E-state index contributed by atoms with van der Waals surface area (Å²) in [6.45, 7) is 1.85. The Morgan fingerprint density at radius 1 is 1.64 bits per heavy atom. The maximum atomic E-state index is 8.85. The molecule has 0 aromatic heterocycles. The number of aliphatic hydroxyl groups is 1. The molecule has 0 amide bonds. The molecule has 0 radical (unpaired) electrons. The van der Waals surface area contributed by atoms with Gasteiger partial charge in [0.25, 0.3) is 0 Å². The molecule has 3 nitrogen and oxygen atoms in total. The van der Waals surface area contributed by atoms with E-state index in [1.807, 2.05) is 0 Å². The van der Waals surface area contributed by atoms with Crippen molar-refractivity contribution in [1.29, 1.82) is 0 Å². The summed E-state index contributed by atoms with van der Waals surface area (Å²) in [4.78, 5) is 2.33. The normalized spacial score (nSPS) is 36.0. The van der Waals surface area contributed by atoms with Crippen molar-refractivity contribution in [2.75, 3.05) is 26.8 Å². The second-order valence-corrected chi connectivity index (χ2v) is 3.72. The van der Waals surface area contributed by atoms with Gasteiger partial charge in [-0.25, -0.2) is 0 Å². The zero-order valence-corrected chi connectivity index (χ0v) is 6.92. The Morgan fingerprint density at radius 3 is 2.82 bits per heavy atom. The van der Waals surface area contributed by atoms with E-state index in [-0.39, 0.29) is 12.7 Å². The summed E-state index contributed by atoms with van der Waals surface area (Å²) in [5.74, 6) is 0. The minimum Gasteiger partial charge on any atom is -0.394 e. The number of likely N-dealkylation sites (N-methyl/N-ethyl adjacent to an activating group) is 1. The van der Waals surface area contributed by atoms with Gasteiger partial charge >= 0.3 is 0 Å². The van der Waals surface area contributed by atoms with Crippen LogP contribution in [0.15, 0.2) is 0 Å². The predicted octanol–water partition coefficient (Wildman–Crippen LogP) is -0.158. The Morgan fingerprint density at radius 2 is 2.36 bits per heavy atom. The number of aliphatic hydroxyl groups excluding tert-OH is 1. The van der Waals surface area contributed by atoms with Crippen molar-refractivity contribution in [1.82, 2.24) is 4.90 Å². The van der Waals surface area contributed by atoms with Crippen LogP contribution in [0.1, 0.15) is 12.8 Å². The van der Waals surface area contributed by atoms with E-state index < -0.39 is 0 Å². The van der Waals surface area contributed by atoms with Gasteiger partial charge in [-0.15, -0.1) is 0 Å². The molecule has 1 saturated heterocycles. The second-order valence-electron chi connectivity index (χ2n) is 3.72. The van der Waals surface area contributed by atoms with Crippen molar-refractivity contribution in [2.24, 2.45) is 0 Å². The zero-order valence-electron chi connectivity index (χ0n) is 6.92. The summed E-state index contributed by atoms with van der Waals surface area (Å²) in [6.07, 6.45) is 2.58. The first-order valence-electron chi connectivity index (χ1n) is 4.20. The van der Waals surface area contributed by atoms with Crippen molar-refractivity contribution in [3.8, 4) is 0 Å². The maximum Gasteiger partial charge on any atom is 0.0933 e. The summed E-state index contributed by atoms with van der Waals surface area (Å²) in [7, 11) is 2.12. The minimum atomic E-state index is 0.0474. The van der Waals surface area contributed by atoms with E-state index >= 15 is 0 Å². The SMILES string of the molecule is CN1CC(CO)OCC12CC2. The highest BCUT2D eigenvalue weighted by atomic mass is 16.5. The van der Waals surface area contributed by atoms with Gasteiger partial charge in [0.1, 0.15) is 0 Å². The van der Waals surface area contributed by atoms with Gasteiger partial charge in [-0.2, -0.15) is 0 Å². The summed E-state index contributed by atoms with van der Waals surface area (Å²) in [6, 6.07) is 0. The number of hydrogen-bond donors (Lipinski definition) is 1. The van der Waals surface area contributed by atoms with Crippen LogP contribution in [0.3, 0.4) is 0 Å². The third kappa shape index (κ3) is 1.17. The second kappa shape index (κ2) is 2.44. The fraction of sp³-hybridized carbons (Fsp3) is 1.00. The minimum absolute atomic E-state index is 0.0474. The average molecular weight is 157 g/mol. The molecule has 2 aliphatic rings. The van der Waals surface area contributed by atoms with E-state index in [1.54, 1.807) is 0 Å². The van der Waals surface area contributed by atoms with Gasteiger partial charge in [0.05, 0.1) is 19.3 Å². The molecule has 3 heteroatoms. The first-order valence-corrected chi connectivity index (χ1v) is 4.20. The van der Waals surface area contributed by atoms with Gasteiger partial charge in [-0.05, 0) is 19.9 Å². The third-order valence-electron chi connectivity index (χ3n) is 2.91. The lowest BCUT2D eigenvalue weighted by atomic mass is 10.2. The van der Waals surface area contributed by atoms with Crippen LogP contribution in [0.4, 0.5) is 0 Å². The van der Waals surface area contributed by atoms with E-state index in [0.717, 1.165) is 13.2 Å². The molecular weight excluding hydrogens is 142 g/mol. The molecule has 1 aliphatic heterocycles. The Balaban J connectivity index is 1.94. The highest BCUT2D eigenvalue weighted by Gasteiger charge is 2.49. The van der Waals surface area contributed by atoms with Crippen LogP contribution in [-0.4, -0.2) is 48.5 Å². The van der Waals surface area contributed by atoms with Gasteiger partial charge in [0.2, 0.25) is 0 Å². The molecule has 1 heterocycles. The van der Waals surface area contributed by atoms with Crippen molar-refractivity contribution in [3.63, 3.8) is 0 Å². The van der Waals surface area contributed by atoms with Gasteiger partial charge < -0.3 is 9.84 Å². The average Bonchev–Trinajstić information content (AvgIpc) is 2.77. The number of rotatable bonds is 1. The molecular formula is C8H15NO2. The summed E-state index contributed by atoms with van der Waals surface area (Å²) in [5, 5.41) is 8.85. The van der Waals surface area contributed by atoms with Gasteiger partial charge in [0.15, 0.2) is 0 Å². The molecule has 1 atom stereocenters. The molecule has 1 aliphatic carbocycles. The zero-order chi connectivity index (χ0) is 7.90. The molecule has 1 unspecified atom stereocenters. The molecule has 2 fully saturated rings.